The Kier molecular flexibility index (Phi) is 3.31. The van der Waals surface area contributed by atoms with Crippen LogP contribution >= 0.6 is 11.6 Å². The van der Waals surface area contributed by atoms with Crippen LogP contribution in [0.15, 0.2) is 18.2 Å². The van der Waals surface area contributed by atoms with Crippen LogP contribution < -0.4 is 5.32 Å². The number of rotatable bonds is 3. The second kappa shape index (κ2) is 4.94. The summed E-state index contributed by atoms with van der Waals surface area (Å²) in [6.07, 6.45) is 3.65. The van der Waals surface area contributed by atoms with Crippen molar-refractivity contribution in [2.45, 2.75) is 32.2 Å². The molecule has 18 heavy (non-hydrogen) atoms. The predicted octanol–water partition coefficient (Wildman–Crippen LogP) is 3.68. The molecule has 0 aliphatic heterocycles. The van der Waals surface area contributed by atoms with Gasteiger partial charge in [-0.1, -0.05) is 11.6 Å². The summed E-state index contributed by atoms with van der Waals surface area (Å²) in [6, 6.07) is 7.11. The molecule has 1 aliphatic rings. The van der Waals surface area contributed by atoms with Crippen molar-refractivity contribution in [2.24, 2.45) is 0 Å². The molecule has 0 radical (unpaired) electrons. The van der Waals surface area contributed by atoms with E-state index >= 15 is 0 Å². The smallest absolute Gasteiger partial charge is 0.0476 e. The van der Waals surface area contributed by atoms with E-state index in [1.807, 2.05) is 0 Å². The number of aromatic amines is 1. The first-order valence-electron chi connectivity index (χ1n) is 6.70. The summed E-state index contributed by atoms with van der Waals surface area (Å²) in [6.45, 7) is 3.03. The van der Waals surface area contributed by atoms with E-state index in [0.29, 0.717) is 11.9 Å². The molecule has 0 spiro atoms. The third kappa shape index (κ3) is 2.04. The van der Waals surface area contributed by atoms with Gasteiger partial charge in [0.1, 0.15) is 0 Å². The molecular formula is C15H19ClN2. The molecule has 1 aromatic carbocycles. The van der Waals surface area contributed by atoms with Gasteiger partial charge in [-0.25, -0.2) is 0 Å². The first-order valence-corrected chi connectivity index (χ1v) is 7.23. The van der Waals surface area contributed by atoms with Crippen LogP contribution in [0.1, 0.15) is 35.7 Å². The van der Waals surface area contributed by atoms with Crippen molar-refractivity contribution in [2.75, 3.05) is 12.4 Å². The zero-order valence-corrected chi connectivity index (χ0v) is 11.5. The maximum Gasteiger partial charge on any atom is 0.0476 e. The van der Waals surface area contributed by atoms with Crippen LogP contribution in [-0.2, 0) is 6.42 Å². The van der Waals surface area contributed by atoms with Gasteiger partial charge in [-0.2, -0.15) is 0 Å². The average Bonchev–Trinajstić information content (AvgIpc) is 2.75. The quantitative estimate of drug-likeness (QED) is 0.812. The van der Waals surface area contributed by atoms with Gasteiger partial charge in [0.25, 0.3) is 0 Å². The molecule has 3 rings (SSSR count). The molecule has 0 saturated carbocycles. The number of aryl methyl sites for hydroxylation is 2. The number of aromatic nitrogens is 1. The van der Waals surface area contributed by atoms with Gasteiger partial charge in [0.05, 0.1) is 0 Å². The van der Waals surface area contributed by atoms with Crippen molar-refractivity contribution >= 4 is 22.5 Å². The number of nitrogens with one attached hydrogen (secondary N) is 2. The molecule has 0 bridgehead atoms. The van der Waals surface area contributed by atoms with Crippen molar-refractivity contribution in [3.8, 4) is 0 Å². The Morgan fingerprint density at radius 2 is 2.33 bits per heavy atom. The highest BCUT2D eigenvalue weighted by atomic mass is 35.5. The van der Waals surface area contributed by atoms with Crippen molar-refractivity contribution < 1.29 is 0 Å². The van der Waals surface area contributed by atoms with Crippen molar-refractivity contribution in [3.63, 3.8) is 0 Å². The molecule has 0 amide bonds. The monoisotopic (exact) mass is 262 g/mol. The largest absolute Gasteiger partial charge is 0.357 e. The van der Waals surface area contributed by atoms with Gasteiger partial charge in [0.15, 0.2) is 0 Å². The molecule has 2 nitrogen and oxygen atoms in total. The summed E-state index contributed by atoms with van der Waals surface area (Å²) in [7, 11) is 0. The first-order chi connectivity index (χ1) is 8.79. The van der Waals surface area contributed by atoms with Gasteiger partial charge in [0.2, 0.25) is 0 Å². The van der Waals surface area contributed by atoms with E-state index in [2.05, 4.69) is 35.4 Å². The molecule has 3 heteroatoms. The normalized spacial score (nSPS) is 19.1. The molecular weight excluding hydrogens is 244 g/mol. The van der Waals surface area contributed by atoms with Crippen LogP contribution in [0.2, 0.25) is 0 Å². The lowest BCUT2D eigenvalue weighted by atomic mass is 9.91. The van der Waals surface area contributed by atoms with E-state index in [-0.39, 0.29) is 0 Å². The molecule has 1 atom stereocenters. The summed E-state index contributed by atoms with van der Waals surface area (Å²) in [5, 5.41) is 4.94. The summed E-state index contributed by atoms with van der Waals surface area (Å²) < 4.78 is 0. The van der Waals surface area contributed by atoms with Crippen LogP contribution in [0.4, 0.5) is 0 Å². The zero-order valence-electron chi connectivity index (χ0n) is 10.7. The Morgan fingerprint density at radius 3 is 3.17 bits per heavy atom. The number of alkyl halides is 1. The first kappa shape index (κ1) is 12.1. The highest BCUT2D eigenvalue weighted by Gasteiger charge is 2.23. The van der Waals surface area contributed by atoms with Crippen LogP contribution in [0.25, 0.3) is 10.9 Å². The highest BCUT2D eigenvalue weighted by Crippen LogP contribution is 2.34. The minimum Gasteiger partial charge on any atom is -0.357 e. The number of halogens is 1. The Labute approximate surface area is 113 Å². The van der Waals surface area contributed by atoms with E-state index in [1.54, 1.807) is 0 Å². The van der Waals surface area contributed by atoms with Gasteiger partial charge in [-0.05, 0) is 43.9 Å². The number of hydrogen-bond donors (Lipinski definition) is 2. The third-order valence-corrected chi connectivity index (χ3v) is 4.04. The van der Waals surface area contributed by atoms with Gasteiger partial charge < -0.3 is 10.3 Å². The number of fused-ring (bicyclic) bond motifs is 3. The number of hydrogen-bond acceptors (Lipinski definition) is 1. The van der Waals surface area contributed by atoms with E-state index in [9.17, 15) is 0 Å². The standard InChI is InChI=1S/C15H19ClN2/c1-10-5-6-13-12(9-10)11-3-2-4-14(15(11)18-13)17-8-7-16/h5-6,9,14,17-18H,2-4,7-8H2,1H3. The summed E-state index contributed by atoms with van der Waals surface area (Å²) in [4.78, 5) is 3.60. The van der Waals surface area contributed by atoms with E-state index in [1.165, 1.54) is 47.0 Å². The molecule has 1 aliphatic carbocycles. The minimum absolute atomic E-state index is 0.445. The molecule has 2 N–H and O–H groups in total. The summed E-state index contributed by atoms with van der Waals surface area (Å²) in [5.74, 6) is 0.672. The lowest BCUT2D eigenvalue weighted by Gasteiger charge is -2.23. The van der Waals surface area contributed by atoms with Gasteiger partial charge in [-0.15, -0.1) is 11.6 Å². The fourth-order valence-electron chi connectivity index (χ4n) is 3.01. The molecule has 96 valence electrons. The maximum atomic E-state index is 5.77. The molecule has 0 saturated heterocycles. The Bertz CT molecular complexity index is 559. The molecule has 1 aromatic heterocycles. The van der Waals surface area contributed by atoms with Crippen LogP contribution in [0.5, 0.6) is 0 Å². The summed E-state index contributed by atoms with van der Waals surface area (Å²) >= 11 is 5.77. The van der Waals surface area contributed by atoms with Crippen molar-refractivity contribution in [1.82, 2.24) is 10.3 Å². The fraction of sp³-hybridized carbons (Fsp3) is 0.467. The van der Waals surface area contributed by atoms with Gasteiger partial charge in [0, 0.05) is 35.1 Å². The molecule has 2 aromatic rings. The Hall–Kier alpha value is -0.990. The van der Waals surface area contributed by atoms with Crippen LogP contribution in [-0.4, -0.2) is 17.4 Å². The minimum atomic E-state index is 0.445. The molecule has 1 unspecified atom stereocenters. The predicted molar refractivity (Wildman–Crippen MR) is 77.4 cm³/mol. The van der Waals surface area contributed by atoms with Crippen molar-refractivity contribution in [3.05, 3.63) is 35.0 Å². The molecule has 0 fully saturated rings. The topological polar surface area (TPSA) is 27.8 Å². The zero-order chi connectivity index (χ0) is 12.5. The highest BCUT2D eigenvalue weighted by molar-refractivity contribution is 6.18. The second-order valence-corrected chi connectivity index (χ2v) is 5.53. The van der Waals surface area contributed by atoms with Gasteiger partial charge >= 0.3 is 0 Å². The van der Waals surface area contributed by atoms with E-state index in [4.69, 9.17) is 11.6 Å². The third-order valence-electron chi connectivity index (χ3n) is 3.85. The average molecular weight is 263 g/mol. The van der Waals surface area contributed by atoms with Crippen molar-refractivity contribution in [1.29, 1.82) is 0 Å². The maximum absolute atomic E-state index is 5.77. The summed E-state index contributed by atoms with van der Waals surface area (Å²) in [5.41, 5.74) is 5.49. The number of benzene rings is 1. The number of H-pyrrole nitrogens is 1. The lowest BCUT2D eigenvalue weighted by Crippen LogP contribution is -2.26. The molecule has 1 heterocycles. The fourth-order valence-corrected chi connectivity index (χ4v) is 3.12. The van der Waals surface area contributed by atoms with E-state index in [0.717, 1.165) is 6.54 Å². The van der Waals surface area contributed by atoms with E-state index < -0.39 is 0 Å². The van der Waals surface area contributed by atoms with Crippen LogP contribution in [0.3, 0.4) is 0 Å². The van der Waals surface area contributed by atoms with Crippen LogP contribution in [0, 0.1) is 6.92 Å². The Balaban J connectivity index is 2.04. The second-order valence-electron chi connectivity index (χ2n) is 5.15. The lowest BCUT2D eigenvalue weighted by molar-refractivity contribution is 0.466. The SMILES string of the molecule is Cc1ccc2[nH]c3c(c2c1)CCCC3NCCCl. The Morgan fingerprint density at radius 1 is 1.44 bits per heavy atom. The van der Waals surface area contributed by atoms with Gasteiger partial charge in [-0.3, -0.25) is 0 Å².